The van der Waals surface area contributed by atoms with E-state index in [0.29, 0.717) is 35.6 Å². The number of carbonyl (C=O) groups excluding carboxylic acids is 2. The fraction of sp³-hybridized carbons (Fsp3) is 0.452. The van der Waals surface area contributed by atoms with Gasteiger partial charge in [-0.2, -0.15) is 0 Å². The van der Waals surface area contributed by atoms with Crippen LogP contribution in [0.3, 0.4) is 0 Å². The lowest BCUT2D eigenvalue weighted by atomic mass is 9.69. The molecule has 3 atom stereocenters. The molecule has 0 aromatic heterocycles. The minimum Gasteiger partial charge on any atom is -0.497 e. The SMILES string of the molecule is COc1ccc([C@@H]2C3=C(C[C@@H](c4ccccc4)CC3=O)N=C(C)C2C(=O)OC2CCCCC2)c(OC)c1. The number of hydrogen-bond acceptors (Lipinski definition) is 6. The average Bonchev–Trinajstić information content (AvgIpc) is 2.92. The van der Waals surface area contributed by atoms with Crippen LogP contribution < -0.4 is 9.47 Å². The summed E-state index contributed by atoms with van der Waals surface area (Å²) in [6.45, 7) is 1.89. The van der Waals surface area contributed by atoms with E-state index in [0.717, 1.165) is 42.5 Å². The number of ether oxygens (including phenoxy) is 3. The highest BCUT2D eigenvalue weighted by atomic mass is 16.5. The van der Waals surface area contributed by atoms with Crippen molar-refractivity contribution in [1.82, 2.24) is 0 Å². The third-order valence-electron chi connectivity index (χ3n) is 8.02. The molecule has 0 bridgehead atoms. The van der Waals surface area contributed by atoms with Crippen molar-refractivity contribution in [2.24, 2.45) is 10.9 Å². The lowest BCUT2D eigenvalue weighted by molar-refractivity contribution is -0.153. The standard InChI is InChI=1S/C31H35NO5/c1-19-28(31(34)37-22-12-8-5-9-13-22)29(24-15-14-23(35-2)18-27(24)36-3)30-25(32-19)16-21(17-26(30)33)20-10-6-4-7-11-20/h4,6-7,10-11,14-15,18,21-22,28-29H,5,8-9,12-13,16-17H2,1-3H3/t21-,28?,29+/m1/s1. The molecule has 2 aromatic carbocycles. The van der Waals surface area contributed by atoms with Crippen LogP contribution in [-0.2, 0) is 14.3 Å². The highest BCUT2D eigenvalue weighted by Crippen LogP contribution is 2.49. The molecule has 0 saturated heterocycles. The van der Waals surface area contributed by atoms with Crippen molar-refractivity contribution < 1.29 is 23.8 Å². The molecule has 1 saturated carbocycles. The predicted octanol–water partition coefficient (Wildman–Crippen LogP) is 6.15. The van der Waals surface area contributed by atoms with Crippen LogP contribution in [0.4, 0.5) is 0 Å². The van der Waals surface area contributed by atoms with E-state index < -0.39 is 11.8 Å². The molecule has 0 spiro atoms. The molecule has 6 heteroatoms. The van der Waals surface area contributed by atoms with Gasteiger partial charge in [0.1, 0.15) is 23.5 Å². The Labute approximate surface area is 218 Å². The highest BCUT2D eigenvalue weighted by Gasteiger charge is 2.46. The summed E-state index contributed by atoms with van der Waals surface area (Å²) in [6.07, 6.45) is 6.05. The van der Waals surface area contributed by atoms with Gasteiger partial charge >= 0.3 is 5.97 Å². The van der Waals surface area contributed by atoms with Gasteiger partial charge in [-0.05, 0) is 56.6 Å². The van der Waals surface area contributed by atoms with Gasteiger partial charge in [-0.15, -0.1) is 0 Å². The molecule has 6 nitrogen and oxygen atoms in total. The number of ketones is 1. The van der Waals surface area contributed by atoms with Crippen LogP contribution in [-0.4, -0.2) is 37.8 Å². The lowest BCUT2D eigenvalue weighted by Gasteiger charge is -2.37. The van der Waals surface area contributed by atoms with Gasteiger partial charge in [-0.25, -0.2) is 0 Å². The Morgan fingerprint density at radius 1 is 0.946 bits per heavy atom. The number of aliphatic imine (C=N–C) groups is 1. The summed E-state index contributed by atoms with van der Waals surface area (Å²) in [4.78, 5) is 32.5. The van der Waals surface area contributed by atoms with Gasteiger partial charge in [0.05, 0.1) is 14.2 Å². The van der Waals surface area contributed by atoms with E-state index in [-0.39, 0.29) is 23.8 Å². The van der Waals surface area contributed by atoms with Crippen molar-refractivity contribution in [3.63, 3.8) is 0 Å². The quantitative estimate of drug-likeness (QED) is 0.444. The van der Waals surface area contributed by atoms with Gasteiger partial charge < -0.3 is 14.2 Å². The maximum absolute atomic E-state index is 13.8. The Morgan fingerprint density at radius 3 is 2.41 bits per heavy atom. The molecule has 2 aliphatic carbocycles. The van der Waals surface area contributed by atoms with Crippen molar-refractivity contribution in [2.75, 3.05) is 14.2 Å². The smallest absolute Gasteiger partial charge is 0.315 e. The Morgan fingerprint density at radius 2 is 1.70 bits per heavy atom. The number of esters is 1. The maximum atomic E-state index is 13.8. The van der Waals surface area contributed by atoms with Crippen LogP contribution in [0.25, 0.3) is 0 Å². The second-order valence-electron chi connectivity index (χ2n) is 10.3. The third kappa shape index (κ3) is 5.07. The first-order valence-corrected chi connectivity index (χ1v) is 13.3. The zero-order chi connectivity index (χ0) is 25.9. The molecule has 194 valence electrons. The van der Waals surface area contributed by atoms with E-state index in [1.165, 1.54) is 6.42 Å². The fourth-order valence-electron chi connectivity index (χ4n) is 6.16. The summed E-state index contributed by atoms with van der Waals surface area (Å²) in [5.74, 6) is -0.178. The summed E-state index contributed by atoms with van der Waals surface area (Å²) < 4.78 is 17.2. The number of rotatable bonds is 6. The minimum atomic E-state index is -0.680. The van der Waals surface area contributed by atoms with Crippen molar-refractivity contribution >= 4 is 17.5 Å². The van der Waals surface area contributed by atoms with Crippen LogP contribution in [0.1, 0.15) is 74.8 Å². The Hall–Kier alpha value is -3.41. The molecule has 1 unspecified atom stereocenters. The molecule has 5 rings (SSSR count). The van der Waals surface area contributed by atoms with Crippen LogP contribution in [0.15, 0.2) is 64.8 Å². The zero-order valence-corrected chi connectivity index (χ0v) is 21.9. The fourth-order valence-corrected chi connectivity index (χ4v) is 6.16. The molecule has 0 radical (unpaired) electrons. The van der Waals surface area contributed by atoms with Crippen molar-refractivity contribution in [1.29, 1.82) is 0 Å². The van der Waals surface area contributed by atoms with E-state index in [4.69, 9.17) is 19.2 Å². The summed E-state index contributed by atoms with van der Waals surface area (Å²) in [5.41, 5.74) is 3.98. The van der Waals surface area contributed by atoms with Crippen LogP contribution in [0.2, 0.25) is 0 Å². The average molecular weight is 502 g/mol. The maximum Gasteiger partial charge on any atom is 0.315 e. The van der Waals surface area contributed by atoms with Crippen molar-refractivity contribution in [3.8, 4) is 11.5 Å². The summed E-state index contributed by atoms with van der Waals surface area (Å²) in [6, 6.07) is 15.7. The van der Waals surface area contributed by atoms with E-state index in [1.807, 2.05) is 37.3 Å². The van der Waals surface area contributed by atoms with Gasteiger partial charge in [-0.1, -0.05) is 42.8 Å². The summed E-state index contributed by atoms with van der Waals surface area (Å²) in [7, 11) is 3.20. The molecular weight excluding hydrogens is 466 g/mol. The number of benzene rings is 2. The Balaban J connectivity index is 1.57. The molecule has 1 fully saturated rings. The zero-order valence-electron chi connectivity index (χ0n) is 21.9. The van der Waals surface area contributed by atoms with Gasteiger partial charge in [0.15, 0.2) is 5.78 Å². The number of carbonyl (C=O) groups is 2. The Bertz CT molecular complexity index is 1230. The summed E-state index contributed by atoms with van der Waals surface area (Å²) >= 11 is 0. The minimum absolute atomic E-state index is 0.0321. The molecule has 2 aromatic rings. The van der Waals surface area contributed by atoms with Crippen molar-refractivity contribution in [2.45, 2.75) is 69.8 Å². The molecular formula is C31H35NO5. The largest absolute Gasteiger partial charge is 0.497 e. The second-order valence-corrected chi connectivity index (χ2v) is 10.3. The Kier molecular flexibility index (Phi) is 7.45. The lowest BCUT2D eigenvalue weighted by Crippen LogP contribution is -2.39. The van der Waals surface area contributed by atoms with Gasteiger partial charge in [0.25, 0.3) is 0 Å². The number of allylic oxidation sites excluding steroid dienone is 2. The van der Waals surface area contributed by atoms with E-state index in [2.05, 4.69) is 12.1 Å². The molecule has 0 amide bonds. The molecule has 37 heavy (non-hydrogen) atoms. The number of nitrogens with zero attached hydrogens (tertiary/aromatic N) is 1. The summed E-state index contributed by atoms with van der Waals surface area (Å²) in [5, 5.41) is 0. The molecule has 3 aliphatic rings. The normalized spacial score (nSPS) is 24.2. The van der Waals surface area contributed by atoms with Crippen LogP contribution >= 0.6 is 0 Å². The predicted molar refractivity (Wildman–Crippen MR) is 142 cm³/mol. The van der Waals surface area contributed by atoms with Crippen LogP contribution in [0.5, 0.6) is 11.5 Å². The third-order valence-corrected chi connectivity index (χ3v) is 8.02. The van der Waals surface area contributed by atoms with Gasteiger partial charge in [0.2, 0.25) is 0 Å². The number of methoxy groups -OCH3 is 2. The highest BCUT2D eigenvalue weighted by molar-refractivity contribution is 6.09. The number of Topliss-reactive ketones (excluding diaryl/α,β-unsaturated/α-hetero) is 1. The topological polar surface area (TPSA) is 74.2 Å². The van der Waals surface area contributed by atoms with Gasteiger partial charge in [0, 0.05) is 41.0 Å². The molecule has 0 N–H and O–H groups in total. The van der Waals surface area contributed by atoms with Gasteiger partial charge in [-0.3, -0.25) is 14.6 Å². The second kappa shape index (κ2) is 10.9. The molecule has 1 heterocycles. The first-order valence-electron chi connectivity index (χ1n) is 13.3. The first kappa shape index (κ1) is 25.2. The van der Waals surface area contributed by atoms with E-state index >= 15 is 0 Å². The van der Waals surface area contributed by atoms with E-state index in [9.17, 15) is 9.59 Å². The van der Waals surface area contributed by atoms with Crippen LogP contribution in [0, 0.1) is 5.92 Å². The van der Waals surface area contributed by atoms with E-state index in [1.54, 1.807) is 20.3 Å². The first-order chi connectivity index (χ1) is 18.0. The monoisotopic (exact) mass is 501 g/mol. The molecule has 1 aliphatic heterocycles. The number of hydrogen-bond donors (Lipinski definition) is 0. The van der Waals surface area contributed by atoms with Crippen molar-refractivity contribution in [3.05, 3.63) is 70.9 Å².